The number of aryl methyl sites for hydroxylation is 2. The van der Waals surface area contributed by atoms with Crippen molar-refractivity contribution in [3.8, 4) is 11.4 Å². The molecule has 0 radical (unpaired) electrons. The zero-order valence-electron chi connectivity index (χ0n) is 15.2. The van der Waals surface area contributed by atoms with Gasteiger partial charge in [0, 0.05) is 58.9 Å². The van der Waals surface area contributed by atoms with Crippen LogP contribution in [0, 0.1) is 0 Å². The molecule has 0 N–H and O–H groups in total. The predicted molar refractivity (Wildman–Crippen MR) is 108 cm³/mol. The summed E-state index contributed by atoms with van der Waals surface area (Å²) in [5, 5.41) is 6.42. The fraction of sp³-hybridized carbons (Fsp3) is 0.0952. The maximum atomic E-state index is 13.0. The molecule has 28 heavy (non-hydrogen) atoms. The maximum absolute atomic E-state index is 13.0. The summed E-state index contributed by atoms with van der Waals surface area (Å²) < 4.78 is 9.19. The van der Waals surface area contributed by atoms with Gasteiger partial charge in [0.05, 0.1) is 5.56 Å². The Morgan fingerprint density at radius 2 is 1.75 bits per heavy atom. The minimum Gasteiger partial charge on any atom is -0.350 e. The normalized spacial score (nSPS) is 11.5. The van der Waals surface area contributed by atoms with Gasteiger partial charge in [-0.1, -0.05) is 35.0 Å². The topological polar surface area (TPSA) is 65.8 Å². The molecule has 6 nitrogen and oxygen atoms in total. The van der Waals surface area contributed by atoms with E-state index in [0.29, 0.717) is 16.4 Å². The highest BCUT2D eigenvalue weighted by atomic mass is 35.5. The number of carbonyl (C=O) groups is 1. The van der Waals surface area contributed by atoms with Crippen molar-refractivity contribution in [3.63, 3.8) is 0 Å². The molecule has 3 aromatic heterocycles. The molecule has 0 fully saturated rings. The van der Waals surface area contributed by atoms with Gasteiger partial charge in [0.25, 0.3) is 11.7 Å². The van der Waals surface area contributed by atoms with Gasteiger partial charge in [0.2, 0.25) is 5.82 Å². The summed E-state index contributed by atoms with van der Waals surface area (Å²) in [5.74, 6) is 0.0238. The molecule has 2 aromatic carbocycles. The Hall–Kier alpha value is -3.38. The Kier molecular flexibility index (Phi) is 3.64. The molecular formula is C21H15ClN4O2. The first-order chi connectivity index (χ1) is 13.5. The summed E-state index contributed by atoms with van der Waals surface area (Å²) in [6, 6.07) is 13.3. The van der Waals surface area contributed by atoms with E-state index in [1.54, 1.807) is 6.20 Å². The van der Waals surface area contributed by atoms with E-state index in [-0.39, 0.29) is 11.7 Å². The van der Waals surface area contributed by atoms with E-state index in [0.717, 1.165) is 27.4 Å². The Balaban J connectivity index is 1.60. The molecule has 0 bridgehead atoms. The summed E-state index contributed by atoms with van der Waals surface area (Å²) in [4.78, 5) is 17.4. The number of nitrogens with zero attached hydrogens (tertiary/aromatic N) is 4. The zero-order valence-corrected chi connectivity index (χ0v) is 15.9. The molecular weight excluding hydrogens is 376 g/mol. The Bertz CT molecular complexity index is 1380. The quantitative estimate of drug-likeness (QED) is 0.422. The van der Waals surface area contributed by atoms with Gasteiger partial charge < -0.3 is 13.7 Å². The smallest absolute Gasteiger partial charge is 0.299 e. The summed E-state index contributed by atoms with van der Waals surface area (Å²) >= 11 is 6.15. The van der Waals surface area contributed by atoms with E-state index in [1.165, 1.54) is 0 Å². The monoisotopic (exact) mass is 390 g/mol. The van der Waals surface area contributed by atoms with Gasteiger partial charge in [0.15, 0.2) is 0 Å². The highest BCUT2D eigenvalue weighted by molar-refractivity contribution is 6.31. The highest BCUT2D eigenvalue weighted by Gasteiger charge is 2.23. The second-order valence-electron chi connectivity index (χ2n) is 6.74. The van der Waals surface area contributed by atoms with Crippen LogP contribution >= 0.6 is 11.6 Å². The molecule has 0 amide bonds. The molecule has 0 unspecified atom stereocenters. The summed E-state index contributed by atoms with van der Waals surface area (Å²) in [6.07, 6.45) is 3.69. The minimum absolute atomic E-state index is 0.0367. The number of ketones is 1. The first-order valence-electron chi connectivity index (χ1n) is 8.70. The largest absolute Gasteiger partial charge is 0.350 e. The van der Waals surface area contributed by atoms with Crippen LogP contribution in [0.4, 0.5) is 0 Å². The maximum Gasteiger partial charge on any atom is 0.299 e. The van der Waals surface area contributed by atoms with Crippen molar-refractivity contribution in [2.24, 2.45) is 14.1 Å². The minimum atomic E-state index is -0.297. The third-order valence-electron chi connectivity index (χ3n) is 4.95. The number of fused-ring (bicyclic) bond motifs is 2. The molecule has 3 heterocycles. The van der Waals surface area contributed by atoms with Gasteiger partial charge >= 0.3 is 0 Å². The van der Waals surface area contributed by atoms with Gasteiger partial charge in [-0.3, -0.25) is 4.79 Å². The van der Waals surface area contributed by atoms with Crippen LogP contribution in [-0.4, -0.2) is 25.1 Å². The number of aromatic nitrogens is 4. The number of hydrogen-bond acceptors (Lipinski definition) is 4. The second kappa shape index (κ2) is 6.07. The van der Waals surface area contributed by atoms with Crippen LogP contribution in [0.5, 0.6) is 0 Å². The molecule has 5 rings (SSSR count). The Morgan fingerprint density at radius 1 is 1.00 bits per heavy atom. The molecule has 7 heteroatoms. The number of para-hydroxylation sites is 1. The zero-order chi connectivity index (χ0) is 19.4. The van der Waals surface area contributed by atoms with E-state index >= 15 is 0 Å². The van der Waals surface area contributed by atoms with Crippen molar-refractivity contribution in [2.75, 3.05) is 0 Å². The van der Waals surface area contributed by atoms with E-state index in [4.69, 9.17) is 16.1 Å². The summed E-state index contributed by atoms with van der Waals surface area (Å²) in [7, 11) is 3.83. The first-order valence-corrected chi connectivity index (χ1v) is 9.08. The van der Waals surface area contributed by atoms with Crippen LogP contribution in [0.15, 0.2) is 59.4 Å². The lowest BCUT2D eigenvalue weighted by Crippen LogP contribution is -2.01. The van der Waals surface area contributed by atoms with Crippen LogP contribution in [0.25, 0.3) is 33.2 Å². The lowest BCUT2D eigenvalue weighted by Gasteiger charge is -1.95. The van der Waals surface area contributed by atoms with Crippen molar-refractivity contribution >= 4 is 39.2 Å². The van der Waals surface area contributed by atoms with Crippen LogP contribution in [0.1, 0.15) is 16.2 Å². The molecule has 138 valence electrons. The van der Waals surface area contributed by atoms with Crippen LogP contribution in [0.3, 0.4) is 0 Å². The molecule has 0 spiro atoms. The summed E-state index contributed by atoms with van der Waals surface area (Å²) in [6.45, 7) is 0. The number of benzene rings is 2. The lowest BCUT2D eigenvalue weighted by molar-refractivity contribution is 0.0995. The van der Waals surface area contributed by atoms with E-state index in [2.05, 4.69) is 10.1 Å². The van der Waals surface area contributed by atoms with Crippen LogP contribution in [0.2, 0.25) is 5.02 Å². The van der Waals surface area contributed by atoms with Crippen LogP contribution < -0.4 is 0 Å². The number of carbonyl (C=O) groups excluding carboxylic acids is 1. The molecule has 0 saturated heterocycles. The second-order valence-corrected chi connectivity index (χ2v) is 7.17. The number of hydrogen-bond donors (Lipinski definition) is 0. The Morgan fingerprint density at radius 3 is 2.61 bits per heavy atom. The number of halogens is 1. The van der Waals surface area contributed by atoms with Gasteiger partial charge in [-0.15, -0.1) is 0 Å². The average molecular weight is 391 g/mol. The molecule has 0 atom stereocenters. The fourth-order valence-electron chi connectivity index (χ4n) is 3.61. The van der Waals surface area contributed by atoms with E-state index in [1.807, 2.05) is 71.9 Å². The van der Waals surface area contributed by atoms with Crippen molar-refractivity contribution in [1.29, 1.82) is 0 Å². The molecule has 0 saturated carbocycles. The third-order valence-corrected chi connectivity index (χ3v) is 5.19. The van der Waals surface area contributed by atoms with Crippen molar-refractivity contribution in [2.45, 2.75) is 0 Å². The number of rotatable bonds is 3. The molecule has 5 aromatic rings. The van der Waals surface area contributed by atoms with Gasteiger partial charge in [-0.2, -0.15) is 4.98 Å². The highest BCUT2D eigenvalue weighted by Crippen LogP contribution is 2.31. The van der Waals surface area contributed by atoms with Gasteiger partial charge in [-0.25, -0.2) is 0 Å². The van der Waals surface area contributed by atoms with Gasteiger partial charge in [-0.05, 0) is 24.3 Å². The fourth-order valence-corrected chi connectivity index (χ4v) is 3.78. The summed E-state index contributed by atoms with van der Waals surface area (Å²) in [5.41, 5.74) is 3.26. The van der Waals surface area contributed by atoms with Crippen molar-refractivity contribution < 1.29 is 9.32 Å². The standard InChI is InChI=1S/C21H15ClN4O2/c1-25-10-15(13-5-3-4-6-17(13)25)19(27)21-23-20(24-28-21)16-11-26(2)18-8-7-12(22)9-14(16)18/h3-11H,1-2H3. The SMILES string of the molecule is Cn1cc(C(=O)c2nc(-c3cn(C)c4ccc(Cl)cc34)no2)c2ccccc21. The third kappa shape index (κ3) is 2.46. The first kappa shape index (κ1) is 16.8. The average Bonchev–Trinajstić information content (AvgIpc) is 3.38. The molecule has 0 aliphatic heterocycles. The Labute approximate surface area is 164 Å². The van der Waals surface area contributed by atoms with Crippen LogP contribution in [-0.2, 0) is 14.1 Å². The van der Waals surface area contributed by atoms with E-state index < -0.39 is 0 Å². The van der Waals surface area contributed by atoms with E-state index in [9.17, 15) is 4.79 Å². The molecule has 0 aliphatic rings. The molecule has 0 aliphatic carbocycles. The van der Waals surface area contributed by atoms with Crippen molar-refractivity contribution in [1.82, 2.24) is 19.3 Å². The van der Waals surface area contributed by atoms with Gasteiger partial charge in [0.1, 0.15) is 0 Å². The van der Waals surface area contributed by atoms with Crippen molar-refractivity contribution in [3.05, 3.63) is 71.3 Å². The predicted octanol–water partition coefficient (Wildman–Crippen LogP) is 4.60. The lowest BCUT2D eigenvalue weighted by atomic mass is 10.1.